The topological polar surface area (TPSA) is 70.1 Å². The highest BCUT2D eigenvalue weighted by molar-refractivity contribution is 7.15. The summed E-state index contributed by atoms with van der Waals surface area (Å²) in [6.45, 7) is 8.54. The molecule has 2 aromatic heterocycles. The highest BCUT2D eigenvalue weighted by Gasteiger charge is 2.21. The molecule has 1 aliphatic heterocycles. The molecule has 0 unspecified atom stereocenters. The normalized spacial score (nSPS) is 15.3. The van der Waals surface area contributed by atoms with Crippen molar-refractivity contribution in [3.63, 3.8) is 0 Å². The lowest BCUT2D eigenvalue weighted by atomic mass is 10.3. The molecule has 0 atom stereocenters. The zero-order valence-electron chi connectivity index (χ0n) is 12.3. The smallest absolute Gasteiger partial charge is 0.227 e. The lowest BCUT2D eigenvalue weighted by molar-refractivity contribution is 0.637. The van der Waals surface area contributed by atoms with E-state index in [1.165, 1.54) is 0 Å². The van der Waals surface area contributed by atoms with E-state index < -0.39 is 0 Å². The highest BCUT2D eigenvalue weighted by atomic mass is 32.1. The van der Waals surface area contributed by atoms with E-state index in [4.69, 9.17) is 0 Å². The van der Waals surface area contributed by atoms with Gasteiger partial charge in [0.25, 0.3) is 0 Å². The molecule has 1 saturated heterocycles. The van der Waals surface area contributed by atoms with Crippen LogP contribution in [0.25, 0.3) is 0 Å². The van der Waals surface area contributed by atoms with E-state index in [9.17, 15) is 0 Å². The first-order valence-corrected chi connectivity index (χ1v) is 7.95. The predicted molar refractivity (Wildman–Crippen MR) is 85.3 cm³/mol. The van der Waals surface area contributed by atoms with Gasteiger partial charge in [-0.25, -0.2) is 4.98 Å². The summed E-state index contributed by atoms with van der Waals surface area (Å²) in [6, 6.07) is 1.90. The molecule has 1 aliphatic rings. The summed E-state index contributed by atoms with van der Waals surface area (Å²) in [5.74, 6) is 1.67. The molecule has 0 saturated carbocycles. The Morgan fingerprint density at radius 3 is 2.62 bits per heavy atom. The van der Waals surface area contributed by atoms with Gasteiger partial charge in [-0.3, -0.25) is 0 Å². The number of aryl methyl sites for hydroxylation is 1. The number of hydrogen-bond acceptors (Lipinski definition) is 8. The van der Waals surface area contributed by atoms with Crippen molar-refractivity contribution in [2.24, 2.45) is 0 Å². The molecule has 7 nitrogen and oxygen atoms in total. The number of nitrogens with one attached hydrogen (secondary N) is 1. The Balaban J connectivity index is 1.64. The number of hydrogen-bond donors (Lipinski definition) is 1. The van der Waals surface area contributed by atoms with E-state index in [0.717, 1.165) is 54.6 Å². The van der Waals surface area contributed by atoms with Gasteiger partial charge in [-0.1, -0.05) is 11.3 Å². The van der Waals surface area contributed by atoms with Gasteiger partial charge in [0.1, 0.15) is 10.8 Å². The van der Waals surface area contributed by atoms with Crippen LogP contribution < -0.4 is 15.1 Å². The largest absolute Gasteiger partial charge is 0.370 e. The molecule has 21 heavy (non-hydrogen) atoms. The molecule has 8 heteroatoms. The minimum absolute atomic E-state index is 0.793. The van der Waals surface area contributed by atoms with Crippen LogP contribution in [0.15, 0.2) is 12.3 Å². The van der Waals surface area contributed by atoms with Crippen LogP contribution in [0.4, 0.5) is 16.9 Å². The van der Waals surface area contributed by atoms with E-state index in [1.54, 1.807) is 17.5 Å². The molecule has 0 amide bonds. The second-order valence-corrected chi connectivity index (χ2v) is 6.01. The van der Waals surface area contributed by atoms with Crippen LogP contribution in [0.3, 0.4) is 0 Å². The lowest BCUT2D eigenvalue weighted by Crippen LogP contribution is -2.47. The maximum atomic E-state index is 4.55. The van der Waals surface area contributed by atoms with Crippen molar-refractivity contribution < 1.29 is 0 Å². The van der Waals surface area contributed by atoms with Crippen molar-refractivity contribution >= 4 is 28.2 Å². The predicted octanol–water partition coefficient (Wildman–Crippen LogP) is 1.39. The Morgan fingerprint density at radius 2 is 1.95 bits per heavy atom. The van der Waals surface area contributed by atoms with Crippen molar-refractivity contribution in [1.82, 2.24) is 20.2 Å². The molecule has 0 radical (unpaired) electrons. The van der Waals surface area contributed by atoms with Gasteiger partial charge in [-0.2, -0.15) is 4.98 Å². The summed E-state index contributed by atoms with van der Waals surface area (Å²) < 4.78 is 0. The summed E-state index contributed by atoms with van der Waals surface area (Å²) in [5.41, 5.74) is 0. The first-order valence-electron chi connectivity index (χ1n) is 7.13. The van der Waals surface area contributed by atoms with E-state index in [2.05, 4.69) is 42.2 Å². The Kier molecular flexibility index (Phi) is 4.14. The summed E-state index contributed by atoms with van der Waals surface area (Å²) in [5, 5.41) is 13.5. The van der Waals surface area contributed by atoms with Gasteiger partial charge in [0.15, 0.2) is 0 Å². The molecule has 0 aromatic carbocycles. The van der Waals surface area contributed by atoms with Crippen LogP contribution in [0.1, 0.15) is 11.9 Å². The fraction of sp³-hybridized carbons (Fsp3) is 0.538. The Hall–Kier alpha value is -1.96. The van der Waals surface area contributed by atoms with Gasteiger partial charge in [0, 0.05) is 38.9 Å². The Bertz CT molecular complexity index is 592. The van der Waals surface area contributed by atoms with Gasteiger partial charge in [-0.05, 0) is 19.9 Å². The monoisotopic (exact) mass is 305 g/mol. The molecular formula is C13H19N7S. The SMILES string of the molecule is CCNc1ccnc(N2CCN(c3nnc(C)s3)CC2)n1. The molecular weight excluding hydrogens is 286 g/mol. The molecule has 0 aliphatic carbocycles. The van der Waals surface area contributed by atoms with E-state index >= 15 is 0 Å². The third-order valence-corrected chi connectivity index (χ3v) is 4.25. The standard InChI is InChI=1S/C13H19N7S/c1-3-14-11-4-5-15-12(16-11)19-6-8-20(9-7-19)13-18-17-10(2)21-13/h4-5H,3,6-9H2,1-2H3,(H,14,15,16). The van der Waals surface area contributed by atoms with Crippen molar-refractivity contribution in [2.75, 3.05) is 47.8 Å². The van der Waals surface area contributed by atoms with Gasteiger partial charge in [-0.15, -0.1) is 10.2 Å². The average molecular weight is 305 g/mol. The molecule has 1 fully saturated rings. The van der Waals surface area contributed by atoms with Crippen LogP contribution in [0.2, 0.25) is 0 Å². The Morgan fingerprint density at radius 1 is 1.19 bits per heavy atom. The maximum Gasteiger partial charge on any atom is 0.227 e. The summed E-state index contributed by atoms with van der Waals surface area (Å²) >= 11 is 1.64. The molecule has 3 rings (SSSR count). The van der Waals surface area contributed by atoms with E-state index in [0.29, 0.717) is 0 Å². The number of anilines is 3. The highest BCUT2D eigenvalue weighted by Crippen LogP contribution is 2.22. The van der Waals surface area contributed by atoms with Gasteiger partial charge in [0.2, 0.25) is 11.1 Å². The number of nitrogens with zero attached hydrogens (tertiary/aromatic N) is 6. The van der Waals surface area contributed by atoms with Crippen LogP contribution in [-0.4, -0.2) is 52.9 Å². The zero-order valence-corrected chi connectivity index (χ0v) is 13.1. The molecule has 2 aromatic rings. The molecule has 0 spiro atoms. The minimum Gasteiger partial charge on any atom is -0.370 e. The summed E-state index contributed by atoms with van der Waals surface area (Å²) in [6.07, 6.45) is 1.81. The lowest BCUT2D eigenvalue weighted by Gasteiger charge is -2.34. The number of aromatic nitrogens is 4. The van der Waals surface area contributed by atoms with Gasteiger partial charge in [0.05, 0.1) is 0 Å². The summed E-state index contributed by atoms with van der Waals surface area (Å²) in [7, 11) is 0. The first kappa shape index (κ1) is 14.0. The quantitative estimate of drug-likeness (QED) is 0.915. The van der Waals surface area contributed by atoms with Crippen LogP contribution >= 0.6 is 11.3 Å². The van der Waals surface area contributed by atoms with Gasteiger partial charge < -0.3 is 15.1 Å². The van der Waals surface area contributed by atoms with E-state index in [-0.39, 0.29) is 0 Å². The molecule has 112 valence electrons. The van der Waals surface area contributed by atoms with Crippen molar-refractivity contribution in [3.05, 3.63) is 17.3 Å². The summed E-state index contributed by atoms with van der Waals surface area (Å²) in [4.78, 5) is 13.4. The van der Waals surface area contributed by atoms with E-state index in [1.807, 2.05) is 13.0 Å². The average Bonchev–Trinajstić information content (AvgIpc) is 2.95. The van der Waals surface area contributed by atoms with Gasteiger partial charge >= 0.3 is 0 Å². The van der Waals surface area contributed by atoms with Crippen molar-refractivity contribution in [1.29, 1.82) is 0 Å². The van der Waals surface area contributed by atoms with Crippen LogP contribution in [0, 0.1) is 6.92 Å². The first-order chi connectivity index (χ1) is 10.3. The van der Waals surface area contributed by atoms with Crippen LogP contribution in [-0.2, 0) is 0 Å². The third kappa shape index (κ3) is 3.21. The zero-order chi connectivity index (χ0) is 14.7. The molecule has 3 heterocycles. The van der Waals surface area contributed by atoms with Crippen LogP contribution in [0.5, 0.6) is 0 Å². The second-order valence-electron chi connectivity index (χ2n) is 4.85. The third-order valence-electron chi connectivity index (χ3n) is 3.35. The number of piperazine rings is 1. The van der Waals surface area contributed by atoms with Crippen molar-refractivity contribution in [2.45, 2.75) is 13.8 Å². The van der Waals surface area contributed by atoms with Crippen molar-refractivity contribution in [3.8, 4) is 0 Å². The minimum atomic E-state index is 0.793. The number of rotatable bonds is 4. The Labute approximate surface area is 128 Å². The molecule has 0 bridgehead atoms. The maximum absolute atomic E-state index is 4.55. The molecule has 1 N–H and O–H groups in total. The fourth-order valence-electron chi connectivity index (χ4n) is 2.29. The fourth-order valence-corrected chi connectivity index (χ4v) is 3.03. The second kappa shape index (κ2) is 6.21.